The Balaban J connectivity index is 1.14. The molecular weight excluding hydrogens is 615 g/mol. The summed E-state index contributed by atoms with van der Waals surface area (Å²) in [6, 6.07) is 63.2. The van der Waals surface area contributed by atoms with E-state index in [0.29, 0.717) is 0 Å². The van der Waals surface area contributed by atoms with Crippen molar-refractivity contribution in [3.05, 3.63) is 176 Å². The van der Waals surface area contributed by atoms with E-state index in [1.165, 1.54) is 53.3 Å². The summed E-state index contributed by atoms with van der Waals surface area (Å²) in [5.41, 5.74) is 9.99. The summed E-state index contributed by atoms with van der Waals surface area (Å²) in [6.45, 7) is 0. The first kappa shape index (κ1) is 27.9. The van der Waals surface area contributed by atoms with E-state index in [2.05, 4.69) is 169 Å². The van der Waals surface area contributed by atoms with Gasteiger partial charge in [0.2, 0.25) is 0 Å². The number of benzene rings is 8. The molecule has 0 aliphatic rings. The topological polar surface area (TPSA) is 16.4 Å². The van der Waals surface area contributed by atoms with E-state index in [1.807, 2.05) is 23.5 Å². The van der Waals surface area contributed by atoms with Crippen molar-refractivity contribution >= 4 is 81.3 Å². The second kappa shape index (κ2) is 11.2. The van der Waals surface area contributed by atoms with Crippen LogP contribution in [0.3, 0.4) is 0 Å². The monoisotopic (exact) mass is 643 g/mol. The quantitative estimate of drug-likeness (QED) is 0.186. The molecule has 3 heteroatoms. The summed E-state index contributed by atoms with van der Waals surface area (Å²) in [5, 5.41) is 7.37. The number of nitrogens with zero attached hydrogens (tertiary/aromatic N) is 1. The number of thiophene rings is 1. The van der Waals surface area contributed by atoms with Gasteiger partial charge in [-0.05, 0) is 87.6 Å². The summed E-state index contributed by atoms with van der Waals surface area (Å²) in [5.74, 6) is 0. The van der Waals surface area contributed by atoms with Crippen LogP contribution < -0.4 is 4.90 Å². The van der Waals surface area contributed by atoms with Crippen LogP contribution in [0.25, 0.3) is 75.1 Å². The minimum Gasteiger partial charge on any atom is -0.456 e. The Labute approximate surface area is 287 Å². The Morgan fingerprint density at radius 2 is 0.959 bits per heavy atom. The molecule has 0 saturated carbocycles. The van der Waals surface area contributed by atoms with Gasteiger partial charge in [0.25, 0.3) is 0 Å². The molecule has 0 N–H and O–H groups in total. The van der Waals surface area contributed by atoms with Crippen molar-refractivity contribution in [3.63, 3.8) is 0 Å². The van der Waals surface area contributed by atoms with Crippen molar-refractivity contribution in [1.82, 2.24) is 0 Å². The van der Waals surface area contributed by atoms with Crippen molar-refractivity contribution in [2.24, 2.45) is 0 Å². The highest BCUT2D eigenvalue weighted by atomic mass is 32.1. The highest BCUT2D eigenvalue weighted by molar-refractivity contribution is 7.26. The molecule has 2 heterocycles. The maximum absolute atomic E-state index is 6.22. The van der Waals surface area contributed by atoms with Crippen molar-refractivity contribution < 1.29 is 4.42 Å². The van der Waals surface area contributed by atoms with Gasteiger partial charge >= 0.3 is 0 Å². The lowest BCUT2D eigenvalue weighted by molar-refractivity contribution is 0.669. The Hall–Kier alpha value is -6.16. The SMILES string of the molecule is c1ccc2c(-c3ccc(N(c4ccc(-c5cccc6oc7ccccc7c56)cc4)c4cccc5sc6ccccc6c45)cc3)cccc2c1. The highest BCUT2D eigenvalue weighted by Crippen LogP contribution is 2.46. The van der Waals surface area contributed by atoms with Gasteiger partial charge in [-0.2, -0.15) is 0 Å². The molecule has 49 heavy (non-hydrogen) atoms. The van der Waals surface area contributed by atoms with Gasteiger partial charge in [0.1, 0.15) is 11.2 Å². The third kappa shape index (κ3) is 4.55. The van der Waals surface area contributed by atoms with Gasteiger partial charge in [0, 0.05) is 42.3 Å². The zero-order chi connectivity index (χ0) is 32.3. The Kier molecular flexibility index (Phi) is 6.39. The number of rotatable bonds is 5. The van der Waals surface area contributed by atoms with Gasteiger partial charge in [0.05, 0.1) is 5.69 Å². The molecule has 2 aromatic heterocycles. The first-order valence-corrected chi connectivity index (χ1v) is 17.4. The lowest BCUT2D eigenvalue weighted by Crippen LogP contribution is -2.10. The number of hydrogen-bond acceptors (Lipinski definition) is 3. The fraction of sp³-hybridized carbons (Fsp3) is 0. The smallest absolute Gasteiger partial charge is 0.136 e. The molecule has 2 nitrogen and oxygen atoms in total. The van der Waals surface area contributed by atoms with E-state index >= 15 is 0 Å². The van der Waals surface area contributed by atoms with Gasteiger partial charge in [0.15, 0.2) is 0 Å². The van der Waals surface area contributed by atoms with E-state index < -0.39 is 0 Å². The first-order chi connectivity index (χ1) is 24.3. The fourth-order valence-corrected chi connectivity index (χ4v) is 8.57. The molecule has 10 rings (SSSR count). The fourth-order valence-electron chi connectivity index (χ4n) is 7.44. The normalized spacial score (nSPS) is 11.7. The van der Waals surface area contributed by atoms with Gasteiger partial charge < -0.3 is 9.32 Å². The van der Waals surface area contributed by atoms with Crippen LogP contribution in [0.5, 0.6) is 0 Å². The third-order valence-electron chi connectivity index (χ3n) is 9.69. The van der Waals surface area contributed by atoms with Crippen LogP contribution >= 0.6 is 11.3 Å². The zero-order valence-corrected chi connectivity index (χ0v) is 27.3. The molecule has 8 aromatic carbocycles. The van der Waals surface area contributed by atoms with Crippen LogP contribution in [0, 0.1) is 0 Å². The average molecular weight is 644 g/mol. The van der Waals surface area contributed by atoms with Crippen molar-refractivity contribution in [3.8, 4) is 22.3 Å². The van der Waals surface area contributed by atoms with E-state index in [-0.39, 0.29) is 0 Å². The van der Waals surface area contributed by atoms with Crippen molar-refractivity contribution in [2.75, 3.05) is 4.90 Å². The highest BCUT2D eigenvalue weighted by Gasteiger charge is 2.19. The minimum atomic E-state index is 0.909. The third-order valence-corrected chi connectivity index (χ3v) is 10.8. The first-order valence-electron chi connectivity index (χ1n) is 16.6. The maximum Gasteiger partial charge on any atom is 0.136 e. The van der Waals surface area contributed by atoms with Crippen LogP contribution in [0.2, 0.25) is 0 Å². The standard InChI is InChI=1S/C46H29NOS/c1-2-12-35-30(10-1)11-7-15-36(35)31-22-26-33(27-23-31)47(40-17-9-21-44-46(40)39-14-4-6-20-43(39)49-44)34-28-24-32(25-29-34)37-16-8-19-42-45(37)38-13-3-5-18-41(38)48-42/h1-29H. The van der Waals surface area contributed by atoms with Gasteiger partial charge in [-0.25, -0.2) is 0 Å². The second-order valence-electron chi connectivity index (χ2n) is 12.5. The van der Waals surface area contributed by atoms with E-state index in [4.69, 9.17) is 4.42 Å². The van der Waals surface area contributed by atoms with Gasteiger partial charge in [-0.3, -0.25) is 0 Å². The van der Waals surface area contributed by atoms with Crippen molar-refractivity contribution in [2.45, 2.75) is 0 Å². The summed E-state index contributed by atoms with van der Waals surface area (Å²) < 4.78 is 8.80. The maximum atomic E-state index is 6.22. The van der Waals surface area contributed by atoms with Crippen LogP contribution in [0.1, 0.15) is 0 Å². The number of anilines is 3. The molecule has 0 radical (unpaired) electrons. The minimum absolute atomic E-state index is 0.909. The molecule has 0 amide bonds. The molecule has 0 aliphatic heterocycles. The lowest BCUT2D eigenvalue weighted by atomic mass is 9.97. The van der Waals surface area contributed by atoms with E-state index in [0.717, 1.165) is 38.9 Å². The molecule has 0 fully saturated rings. The number of furan rings is 1. The van der Waals surface area contributed by atoms with Crippen LogP contribution in [0.15, 0.2) is 180 Å². The molecule has 0 atom stereocenters. The zero-order valence-electron chi connectivity index (χ0n) is 26.5. The average Bonchev–Trinajstić information content (AvgIpc) is 3.74. The summed E-state index contributed by atoms with van der Waals surface area (Å²) in [6.07, 6.45) is 0. The molecule has 10 aromatic rings. The molecule has 230 valence electrons. The molecule has 0 spiro atoms. The predicted octanol–water partition coefficient (Wildman–Crippen LogP) is 13.9. The van der Waals surface area contributed by atoms with Crippen LogP contribution in [-0.2, 0) is 0 Å². The lowest BCUT2D eigenvalue weighted by Gasteiger charge is -2.27. The molecule has 0 bridgehead atoms. The van der Waals surface area contributed by atoms with Crippen LogP contribution in [0.4, 0.5) is 17.1 Å². The molecule has 0 aliphatic carbocycles. The Morgan fingerprint density at radius 1 is 0.388 bits per heavy atom. The predicted molar refractivity (Wildman–Crippen MR) is 210 cm³/mol. The number of para-hydroxylation sites is 1. The number of fused-ring (bicyclic) bond motifs is 7. The summed E-state index contributed by atoms with van der Waals surface area (Å²) in [7, 11) is 0. The Morgan fingerprint density at radius 3 is 1.78 bits per heavy atom. The van der Waals surface area contributed by atoms with E-state index in [9.17, 15) is 0 Å². The summed E-state index contributed by atoms with van der Waals surface area (Å²) in [4.78, 5) is 2.41. The van der Waals surface area contributed by atoms with E-state index in [1.54, 1.807) is 0 Å². The van der Waals surface area contributed by atoms with Gasteiger partial charge in [-0.1, -0.05) is 121 Å². The van der Waals surface area contributed by atoms with Crippen LogP contribution in [-0.4, -0.2) is 0 Å². The molecule has 0 unspecified atom stereocenters. The largest absolute Gasteiger partial charge is 0.456 e. The van der Waals surface area contributed by atoms with Crippen molar-refractivity contribution in [1.29, 1.82) is 0 Å². The van der Waals surface area contributed by atoms with Gasteiger partial charge in [-0.15, -0.1) is 11.3 Å². The molecule has 0 saturated heterocycles. The Bertz CT molecular complexity index is 2820. The molecular formula is C46H29NOS. The summed E-state index contributed by atoms with van der Waals surface area (Å²) >= 11 is 1.85. The second-order valence-corrected chi connectivity index (χ2v) is 13.6. The number of hydrogen-bond donors (Lipinski definition) is 0.